The van der Waals surface area contributed by atoms with Crippen LogP contribution in [0.5, 0.6) is 0 Å². The van der Waals surface area contributed by atoms with Gasteiger partial charge in [0, 0.05) is 17.1 Å². The molecule has 3 aromatic rings. The Labute approximate surface area is 129 Å². The predicted octanol–water partition coefficient (Wildman–Crippen LogP) is 2.69. The molecule has 21 heavy (non-hydrogen) atoms. The van der Waals surface area contributed by atoms with Crippen molar-refractivity contribution in [3.05, 3.63) is 51.7 Å². The molecule has 0 unspecified atom stereocenters. The molecule has 0 saturated carbocycles. The van der Waals surface area contributed by atoms with Gasteiger partial charge in [-0.05, 0) is 12.1 Å². The maximum Gasteiger partial charge on any atom is 0.255 e. The molecular weight excluding hydrogens is 304 g/mol. The molecule has 1 aliphatic rings. The summed E-state index contributed by atoms with van der Waals surface area (Å²) in [6.07, 6.45) is 0. The molecule has 2 aromatic heterocycles. The van der Waals surface area contributed by atoms with Gasteiger partial charge < -0.3 is 9.97 Å². The number of benzene rings is 1. The van der Waals surface area contributed by atoms with Crippen molar-refractivity contribution < 1.29 is 0 Å². The van der Waals surface area contributed by atoms with E-state index in [1.54, 1.807) is 11.8 Å². The average molecular weight is 316 g/mol. The summed E-state index contributed by atoms with van der Waals surface area (Å²) in [5.41, 5.74) is 3.74. The molecule has 1 aromatic carbocycles. The number of aromatic amines is 2. The molecule has 4 rings (SSSR count). The highest BCUT2D eigenvalue weighted by Gasteiger charge is 2.17. The van der Waals surface area contributed by atoms with E-state index in [9.17, 15) is 4.79 Å². The predicted molar refractivity (Wildman–Crippen MR) is 85.5 cm³/mol. The van der Waals surface area contributed by atoms with Gasteiger partial charge in [-0.2, -0.15) is 11.8 Å². The number of hydrogen-bond acceptors (Lipinski definition) is 5. The third kappa shape index (κ3) is 2.47. The van der Waals surface area contributed by atoms with Crippen LogP contribution in [0, 0.1) is 0 Å². The summed E-state index contributed by atoms with van der Waals surface area (Å²) in [6.45, 7) is 0. The standard InChI is InChI=1S/C14H12N4OS2/c19-13-8-5-20-6-11(8)17-14(18-13)21-7-12-15-9-3-1-2-4-10(9)16-12/h1-4H,5-7H2,(H,15,16)(H,17,18,19). The number of nitrogens with one attached hydrogen (secondary N) is 2. The average Bonchev–Trinajstić information content (AvgIpc) is 3.11. The summed E-state index contributed by atoms with van der Waals surface area (Å²) in [5.74, 6) is 3.14. The van der Waals surface area contributed by atoms with Gasteiger partial charge in [0.25, 0.3) is 5.56 Å². The van der Waals surface area contributed by atoms with Crippen LogP contribution in [-0.2, 0) is 17.3 Å². The maximum atomic E-state index is 11.9. The Morgan fingerprint density at radius 1 is 1.19 bits per heavy atom. The third-order valence-corrected chi connectivity index (χ3v) is 5.20. The number of fused-ring (bicyclic) bond motifs is 2. The highest BCUT2D eigenvalue weighted by Crippen LogP contribution is 2.27. The number of thioether (sulfide) groups is 2. The monoisotopic (exact) mass is 316 g/mol. The van der Waals surface area contributed by atoms with Crippen LogP contribution in [0.1, 0.15) is 17.1 Å². The lowest BCUT2D eigenvalue weighted by molar-refractivity contribution is 0.883. The van der Waals surface area contributed by atoms with Gasteiger partial charge in [0.2, 0.25) is 0 Å². The Morgan fingerprint density at radius 2 is 2.10 bits per heavy atom. The molecule has 0 bridgehead atoms. The summed E-state index contributed by atoms with van der Waals surface area (Å²) in [5, 5.41) is 0.668. The lowest BCUT2D eigenvalue weighted by atomic mass is 10.3. The van der Waals surface area contributed by atoms with Gasteiger partial charge in [-0.15, -0.1) is 0 Å². The summed E-state index contributed by atoms with van der Waals surface area (Å²) in [7, 11) is 0. The van der Waals surface area contributed by atoms with Crippen molar-refractivity contribution >= 4 is 34.6 Å². The summed E-state index contributed by atoms with van der Waals surface area (Å²) in [4.78, 5) is 27.1. The first-order valence-corrected chi connectivity index (χ1v) is 8.70. The van der Waals surface area contributed by atoms with Crippen molar-refractivity contribution in [2.45, 2.75) is 22.4 Å². The molecule has 0 aliphatic carbocycles. The second-order valence-electron chi connectivity index (χ2n) is 4.78. The van der Waals surface area contributed by atoms with E-state index in [0.717, 1.165) is 39.6 Å². The van der Waals surface area contributed by atoms with E-state index in [1.807, 2.05) is 24.3 Å². The van der Waals surface area contributed by atoms with Crippen LogP contribution < -0.4 is 5.56 Å². The highest BCUT2D eigenvalue weighted by atomic mass is 32.2. The number of imidazole rings is 1. The molecular formula is C14H12N4OS2. The topological polar surface area (TPSA) is 74.4 Å². The molecule has 0 radical (unpaired) electrons. The van der Waals surface area contributed by atoms with E-state index in [0.29, 0.717) is 10.9 Å². The first-order chi connectivity index (χ1) is 10.3. The zero-order valence-electron chi connectivity index (χ0n) is 11.0. The number of para-hydroxylation sites is 2. The quantitative estimate of drug-likeness (QED) is 0.574. The first kappa shape index (κ1) is 13.0. The smallest absolute Gasteiger partial charge is 0.255 e. The van der Waals surface area contributed by atoms with E-state index in [1.165, 1.54) is 11.8 Å². The van der Waals surface area contributed by atoms with Crippen molar-refractivity contribution in [2.75, 3.05) is 0 Å². The van der Waals surface area contributed by atoms with Crippen molar-refractivity contribution in [3.8, 4) is 0 Å². The van der Waals surface area contributed by atoms with Crippen LogP contribution in [0.15, 0.2) is 34.2 Å². The van der Waals surface area contributed by atoms with Crippen LogP contribution in [0.3, 0.4) is 0 Å². The Bertz CT molecular complexity index is 838. The fourth-order valence-electron chi connectivity index (χ4n) is 2.32. The van der Waals surface area contributed by atoms with Crippen LogP contribution in [0.2, 0.25) is 0 Å². The summed E-state index contributed by atoms with van der Waals surface area (Å²) < 4.78 is 0. The lowest BCUT2D eigenvalue weighted by Crippen LogP contribution is -2.14. The van der Waals surface area contributed by atoms with Gasteiger partial charge in [-0.1, -0.05) is 23.9 Å². The van der Waals surface area contributed by atoms with Gasteiger partial charge in [0.15, 0.2) is 5.16 Å². The Morgan fingerprint density at radius 3 is 3.00 bits per heavy atom. The fraction of sp³-hybridized carbons (Fsp3) is 0.214. The second kappa shape index (κ2) is 5.23. The van der Waals surface area contributed by atoms with Gasteiger partial charge in [-0.25, -0.2) is 9.97 Å². The molecule has 0 atom stereocenters. The van der Waals surface area contributed by atoms with E-state index < -0.39 is 0 Å². The minimum Gasteiger partial charge on any atom is -0.341 e. The van der Waals surface area contributed by atoms with Gasteiger partial charge in [0.1, 0.15) is 5.82 Å². The van der Waals surface area contributed by atoms with Gasteiger partial charge in [0.05, 0.1) is 22.5 Å². The SMILES string of the molecule is O=c1[nH]c(SCc2nc3ccccc3[nH]2)nc2c1CSC2. The number of H-pyrrole nitrogens is 2. The minimum absolute atomic E-state index is 0.00268. The number of hydrogen-bond donors (Lipinski definition) is 2. The molecule has 5 nitrogen and oxygen atoms in total. The summed E-state index contributed by atoms with van der Waals surface area (Å²) in [6, 6.07) is 7.93. The normalized spacial score (nSPS) is 13.7. The molecule has 0 fully saturated rings. The van der Waals surface area contributed by atoms with E-state index in [-0.39, 0.29) is 5.56 Å². The van der Waals surface area contributed by atoms with Crippen LogP contribution in [0.4, 0.5) is 0 Å². The molecule has 7 heteroatoms. The molecule has 2 N–H and O–H groups in total. The Kier molecular flexibility index (Phi) is 3.23. The second-order valence-corrected chi connectivity index (χ2v) is 6.73. The van der Waals surface area contributed by atoms with Gasteiger partial charge >= 0.3 is 0 Å². The molecule has 1 aliphatic heterocycles. The zero-order chi connectivity index (χ0) is 14.2. The maximum absolute atomic E-state index is 11.9. The van der Waals surface area contributed by atoms with E-state index >= 15 is 0 Å². The summed E-state index contributed by atoms with van der Waals surface area (Å²) >= 11 is 3.23. The van der Waals surface area contributed by atoms with Crippen molar-refractivity contribution in [3.63, 3.8) is 0 Å². The minimum atomic E-state index is -0.00268. The van der Waals surface area contributed by atoms with Crippen molar-refractivity contribution in [1.29, 1.82) is 0 Å². The first-order valence-electron chi connectivity index (χ1n) is 6.56. The number of rotatable bonds is 3. The number of nitrogens with zero attached hydrogens (tertiary/aromatic N) is 2. The van der Waals surface area contributed by atoms with E-state index in [4.69, 9.17) is 0 Å². The third-order valence-electron chi connectivity index (χ3n) is 3.35. The fourth-order valence-corrected chi connectivity index (χ4v) is 4.10. The lowest BCUT2D eigenvalue weighted by Gasteiger charge is -2.01. The largest absolute Gasteiger partial charge is 0.341 e. The Hall–Kier alpha value is -1.73. The van der Waals surface area contributed by atoms with Crippen LogP contribution in [-0.4, -0.2) is 19.9 Å². The highest BCUT2D eigenvalue weighted by molar-refractivity contribution is 7.98. The van der Waals surface area contributed by atoms with E-state index in [2.05, 4.69) is 19.9 Å². The molecule has 0 saturated heterocycles. The Balaban J connectivity index is 1.57. The van der Waals surface area contributed by atoms with Gasteiger partial charge in [-0.3, -0.25) is 4.79 Å². The zero-order valence-corrected chi connectivity index (χ0v) is 12.7. The molecule has 106 valence electrons. The van der Waals surface area contributed by atoms with Crippen molar-refractivity contribution in [1.82, 2.24) is 19.9 Å². The van der Waals surface area contributed by atoms with Crippen molar-refractivity contribution in [2.24, 2.45) is 0 Å². The number of aromatic nitrogens is 4. The van der Waals surface area contributed by atoms with Crippen LogP contribution >= 0.6 is 23.5 Å². The molecule has 0 spiro atoms. The molecule has 0 amide bonds. The van der Waals surface area contributed by atoms with Crippen LogP contribution in [0.25, 0.3) is 11.0 Å². The molecule has 3 heterocycles.